The molecule has 1 heteroatoms. The van der Waals surface area contributed by atoms with E-state index in [4.69, 9.17) is 0 Å². The van der Waals surface area contributed by atoms with Crippen molar-refractivity contribution in [1.82, 2.24) is 5.32 Å². The van der Waals surface area contributed by atoms with Crippen LogP contribution in [0.4, 0.5) is 0 Å². The van der Waals surface area contributed by atoms with Gasteiger partial charge in [0.05, 0.1) is 0 Å². The van der Waals surface area contributed by atoms with Crippen LogP contribution in [0.1, 0.15) is 69.4 Å². The van der Waals surface area contributed by atoms with Crippen molar-refractivity contribution in [3.05, 3.63) is 35.4 Å². The number of rotatable bonds is 8. The van der Waals surface area contributed by atoms with Crippen molar-refractivity contribution in [2.75, 3.05) is 6.54 Å². The predicted octanol–water partition coefficient (Wildman–Crippen LogP) is 5.27. The molecule has 0 aliphatic heterocycles. The molecule has 0 saturated heterocycles. The number of benzene rings is 1. The van der Waals surface area contributed by atoms with E-state index in [2.05, 4.69) is 43.4 Å². The zero-order valence-corrected chi connectivity index (χ0v) is 14.0. The summed E-state index contributed by atoms with van der Waals surface area (Å²) < 4.78 is 0. The molecule has 2 rings (SSSR count). The van der Waals surface area contributed by atoms with Gasteiger partial charge < -0.3 is 5.32 Å². The fourth-order valence-corrected chi connectivity index (χ4v) is 3.70. The van der Waals surface area contributed by atoms with Gasteiger partial charge in [-0.05, 0) is 56.2 Å². The molecule has 1 aromatic rings. The summed E-state index contributed by atoms with van der Waals surface area (Å²) in [5, 5.41) is 3.81. The smallest absolute Gasteiger partial charge is 0.00728 e. The Kier molecular flexibility index (Phi) is 7.29. The van der Waals surface area contributed by atoms with E-state index >= 15 is 0 Å². The van der Waals surface area contributed by atoms with Gasteiger partial charge in [0.1, 0.15) is 0 Å². The molecule has 0 bridgehead atoms. The number of hydrogen-bond donors (Lipinski definition) is 1. The summed E-state index contributed by atoms with van der Waals surface area (Å²) in [6.07, 6.45) is 12.5. The maximum atomic E-state index is 3.81. The van der Waals surface area contributed by atoms with Crippen LogP contribution in [0.15, 0.2) is 24.3 Å². The highest BCUT2D eigenvalue weighted by atomic mass is 14.9. The first kappa shape index (κ1) is 16.5. The lowest BCUT2D eigenvalue weighted by atomic mass is 9.83. The summed E-state index contributed by atoms with van der Waals surface area (Å²) in [4.78, 5) is 0. The number of aryl methyl sites for hydroxylation is 2. The second-order valence-electron chi connectivity index (χ2n) is 6.86. The third-order valence-electron chi connectivity index (χ3n) is 5.05. The molecule has 0 radical (unpaired) electrons. The SMILES string of the molecule is CCCNC(CCc1ccccc1C)CC1CCCCC1. The van der Waals surface area contributed by atoms with Crippen LogP contribution in [0.3, 0.4) is 0 Å². The van der Waals surface area contributed by atoms with Gasteiger partial charge in [0.15, 0.2) is 0 Å². The molecule has 0 amide bonds. The van der Waals surface area contributed by atoms with Crippen molar-refractivity contribution in [3.63, 3.8) is 0 Å². The summed E-state index contributed by atoms with van der Waals surface area (Å²) >= 11 is 0. The third kappa shape index (κ3) is 5.82. The molecule has 1 aromatic carbocycles. The van der Waals surface area contributed by atoms with E-state index in [9.17, 15) is 0 Å². The fraction of sp³-hybridized carbons (Fsp3) is 0.700. The lowest BCUT2D eigenvalue weighted by molar-refractivity contribution is 0.291. The topological polar surface area (TPSA) is 12.0 Å². The second-order valence-corrected chi connectivity index (χ2v) is 6.86. The van der Waals surface area contributed by atoms with E-state index in [0.717, 1.165) is 5.92 Å². The summed E-state index contributed by atoms with van der Waals surface area (Å²) in [6.45, 7) is 5.68. The minimum absolute atomic E-state index is 0.715. The van der Waals surface area contributed by atoms with E-state index in [0.29, 0.717) is 6.04 Å². The summed E-state index contributed by atoms with van der Waals surface area (Å²) in [5.41, 5.74) is 2.98. The minimum Gasteiger partial charge on any atom is -0.314 e. The molecule has 0 aromatic heterocycles. The molecule has 1 aliphatic rings. The lowest BCUT2D eigenvalue weighted by Gasteiger charge is -2.27. The van der Waals surface area contributed by atoms with E-state index in [-0.39, 0.29) is 0 Å². The molecule has 1 saturated carbocycles. The molecular weight excluding hydrogens is 254 g/mol. The standard InChI is InChI=1S/C20H33N/c1-3-15-21-20(16-18-10-5-4-6-11-18)14-13-19-12-8-7-9-17(19)2/h7-9,12,18,20-21H,3-6,10-11,13-16H2,1-2H3. The number of hydrogen-bond acceptors (Lipinski definition) is 1. The average molecular weight is 287 g/mol. The van der Waals surface area contributed by atoms with Gasteiger partial charge in [-0.25, -0.2) is 0 Å². The monoisotopic (exact) mass is 287 g/mol. The van der Waals surface area contributed by atoms with E-state index in [1.807, 2.05) is 0 Å². The number of nitrogens with one attached hydrogen (secondary N) is 1. The lowest BCUT2D eigenvalue weighted by Crippen LogP contribution is -2.33. The first-order valence-corrected chi connectivity index (χ1v) is 9.07. The normalized spacial score (nSPS) is 17.8. The highest BCUT2D eigenvalue weighted by Gasteiger charge is 2.18. The van der Waals surface area contributed by atoms with Gasteiger partial charge in [0, 0.05) is 6.04 Å². The van der Waals surface area contributed by atoms with Crippen LogP contribution >= 0.6 is 0 Å². The zero-order chi connectivity index (χ0) is 14.9. The van der Waals surface area contributed by atoms with Crippen LogP contribution in [-0.2, 0) is 6.42 Å². The van der Waals surface area contributed by atoms with Crippen LogP contribution in [0.5, 0.6) is 0 Å². The average Bonchev–Trinajstić information content (AvgIpc) is 2.52. The molecule has 1 N–H and O–H groups in total. The molecule has 0 spiro atoms. The summed E-state index contributed by atoms with van der Waals surface area (Å²) in [7, 11) is 0. The van der Waals surface area contributed by atoms with Crippen molar-refractivity contribution >= 4 is 0 Å². The Morgan fingerprint density at radius 3 is 2.62 bits per heavy atom. The first-order valence-electron chi connectivity index (χ1n) is 9.07. The molecule has 118 valence electrons. The van der Waals surface area contributed by atoms with Crippen LogP contribution < -0.4 is 5.32 Å². The molecule has 21 heavy (non-hydrogen) atoms. The Labute approximate surface area is 131 Å². The molecule has 1 unspecified atom stereocenters. The van der Waals surface area contributed by atoms with E-state index < -0.39 is 0 Å². The van der Waals surface area contributed by atoms with Crippen molar-refractivity contribution in [1.29, 1.82) is 0 Å². The zero-order valence-electron chi connectivity index (χ0n) is 14.0. The maximum absolute atomic E-state index is 3.81. The fourth-order valence-electron chi connectivity index (χ4n) is 3.70. The summed E-state index contributed by atoms with van der Waals surface area (Å²) in [5.74, 6) is 0.977. The second kappa shape index (κ2) is 9.25. The van der Waals surface area contributed by atoms with Crippen molar-refractivity contribution in [2.45, 2.75) is 77.7 Å². The van der Waals surface area contributed by atoms with Crippen LogP contribution in [0.2, 0.25) is 0 Å². The van der Waals surface area contributed by atoms with Crippen LogP contribution in [0, 0.1) is 12.8 Å². The Bertz CT molecular complexity index is 393. The Morgan fingerprint density at radius 2 is 1.90 bits per heavy atom. The van der Waals surface area contributed by atoms with Gasteiger partial charge in [-0.3, -0.25) is 0 Å². The Hall–Kier alpha value is -0.820. The van der Waals surface area contributed by atoms with Gasteiger partial charge >= 0.3 is 0 Å². The van der Waals surface area contributed by atoms with Crippen molar-refractivity contribution in [2.24, 2.45) is 5.92 Å². The highest BCUT2D eigenvalue weighted by molar-refractivity contribution is 5.25. The van der Waals surface area contributed by atoms with Crippen molar-refractivity contribution < 1.29 is 0 Å². The molecule has 1 atom stereocenters. The van der Waals surface area contributed by atoms with Crippen LogP contribution in [0.25, 0.3) is 0 Å². The molecule has 0 heterocycles. The summed E-state index contributed by atoms with van der Waals surface area (Å²) in [6, 6.07) is 9.58. The molecule has 1 fully saturated rings. The van der Waals surface area contributed by atoms with Gasteiger partial charge in [0.25, 0.3) is 0 Å². The third-order valence-corrected chi connectivity index (χ3v) is 5.05. The largest absolute Gasteiger partial charge is 0.314 e. The van der Waals surface area contributed by atoms with Gasteiger partial charge in [0.2, 0.25) is 0 Å². The Balaban J connectivity index is 1.84. The quantitative estimate of drug-likeness (QED) is 0.687. The van der Waals surface area contributed by atoms with E-state index in [1.54, 1.807) is 0 Å². The Morgan fingerprint density at radius 1 is 1.14 bits per heavy atom. The first-order chi connectivity index (χ1) is 10.3. The van der Waals surface area contributed by atoms with Crippen LogP contribution in [-0.4, -0.2) is 12.6 Å². The minimum atomic E-state index is 0.715. The van der Waals surface area contributed by atoms with Gasteiger partial charge in [-0.2, -0.15) is 0 Å². The van der Waals surface area contributed by atoms with E-state index in [1.165, 1.54) is 75.5 Å². The highest BCUT2D eigenvalue weighted by Crippen LogP contribution is 2.28. The maximum Gasteiger partial charge on any atom is 0.00728 e. The molecule has 1 aliphatic carbocycles. The molecular formula is C20H33N. The predicted molar refractivity (Wildman–Crippen MR) is 92.8 cm³/mol. The van der Waals surface area contributed by atoms with Crippen molar-refractivity contribution in [3.8, 4) is 0 Å². The van der Waals surface area contributed by atoms with Gasteiger partial charge in [-0.1, -0.05) is 63.3 Å². The molecule has 1 nitrogen and oxygen atoms in total. The van der Waals surface area contributed by atoms with Gasteiger partial charge in [-0.15, -0.1) is 0 Å².